The molecule has 0 spiro atoms. The monoisotopic (exact) mass is 326 g/mol. The number of fused-ring (bicyclic) bond motifs is 5. The number of thiophene rings is 1. The molecular weight excluding hydrogens is 312 g/mol. The second-order valence-corrected chi connectivity index (χ2v) is 7.00. The molecule has 0 aliphatic heterocycles. The van der Waals surface area contributed by atoms with Crippen molar-refractivity contribution < 1.29 is 0 Å². The van der Waals surface area contributed by atoms with E-state index >= 15 is 0 Å². The minimum atomic E-state index is 0.806. The average molecular weight is 326 g/mol. The lowest BCUT2D eigenvalue weighted by atomic mass is 10.0. The van der Waals surface area contributed by atoms with E-state index in [1.807, 2.05) is 24.3 Å². The molecule has 0 saturated carbocycles. The zero-order valence-corrected chi connectivity index (χ0v) is 14.0. The van der Waals surface area contributed by atoms with Gasteiger partial charge >= 0.3 is 0 Å². The van der Waals surface area contributed by atoms with Crippen molar-refractivity contribution in [3.63, 3.8) is 0 Å². The highest BCUT2D eigenvalue weighted by atomic mass is 32.1. The second kappa shape index (κ2) is 5.11. The van der Waals surface area contributed by atoms with E-state index in [-0.39, 0.29) is 0 Å². The number of aryl methyl sites for hydroxylation is 1. The van der Waals surface area contributed by atoms with E-state index < -0.39 is 0 Å². The Morgan fingerprint density at radius 3 is 2.38 bits per heavy atom. The SMILES string of the molecule is Cc1nc(-c2ccccc2)c2c(ccc3sc4ccccc4c32)n1. The number of hydrogen-bond donors (Lipinski definition) is 0. The van der Waals surface area contributed by atoms with Crippen molar-refractivity contribution in [1.29, 1.82) is 0 Å². The van der Waals surface area contributed by atoms with E-state index in [2.05, 4.69) is 60.7 Å². The topological polar surface area (TPSA) is 25.8 Å². The lowest BCUT2D eigenvalue weighted by molar-refractivity contribution is 1.10. The highest BCUT2D eigenvalue weighted by molar-refractivity contribution is 7.26. The molecule has 0 atom stereocenters. The number of benzene rings is 3. The van der Waals surface area contributed by atoms with Crippen molar-refractivity contribution in [3.8, 4) is 11.3 Å². The second-order valence-electron chi connectivity index (χ2n) is 5.92. The van der Waals surface area contributed by atoms with Gasteiger partial charge in [-0.1, -0.05) is 48.5 Å². The average Bonchev–Trinajstić information content (AvgIpc) is 3.00. The smallest absolute Gasteiger partial charge is 0.126 e. The maximum atomic E-state index is 4.80. The number of hydrogen-bond acceptors (Lipinski definition) is 3. The van der Waals surface area contributed by atoms with Crippen LogP contribution in [0.3, 0.4) is 0 Å². The highest BCUT2D eigenvalue weighted by Gasteiger charge is 2.15. The molecule has 0 unspecified atom stereocenters. The molecule has 0 saturated heterocycles. The fraction of sp³-hybridized carbons (Fsp3) is 0.0476. The third kappa shape index (κ3) is 1.95. The Morgan fingerprint density at radius 1 is 0.708 bits per heavy atom. The highest BCUT2D eigenvalue weighted by Crippen LogP contribution is 2.40. The summed E-state index contributed by atoms with van der Waals surface area (Å²) in [5.41, 5.74) is 3.17. The van der Waals surface area contributed by atoms with Crippen molar-refractivity contribution >= 4 is 42.4 Å². The van der Waals surface area contributed by atoms with Crippen LogP contribution in [0.15, 0.2) is 66.7 Å². The number of aromatic nitrogens is 2. The molecule has 2 nitrogen and oxygen atoms in total. The Bertz CT molecular complexity index is 1210. The van der Waals surface area contributed by atoms with E-state index in [4.69, 9.17) is 9.97 Å². The van der Waals surface area contributed by atoms with Crippen LogP contribution < -0.4 is 0 Å². The third-order valence-electron chi connectivity index (χ3n) is 4.36. The van der Waals surface area contributed by atoms with Crippen LogP contribution in [0.2, 0.25) is 0 Å². The molecule has 0 amide bonds. The summed E-state index contributed by atoms with van der Waals surface area (Å²) in [5.74, 6) is 0.806. The molecule has 5 rings (SSSR count). The third-order valence-corrected chi connectivity index (χ3v) is 5.50. The van der Waals surface area contributed by atoms with E-state index in [9.17, 15) is 0 Å². The van der Waals surface area contributed by atoms with Gasteiger partial charge in [-0.05, 0) is 25.1 Å². The fourth-order valence-electron chi connectivity index (χ4n) is 3.36. The van der Waals surface area contributed by atoms with Gasteiger partial charge in [0, 0.05) is 31.1 Å². The Labute approximate surface area is 143 Å². The first-order valence-corrected chi connectivity index (χ1v) is 8.77. The minimum absolute atomic E-state index is 0.806. The van der Waals surface area contributed by atoms with Gasteiger partial charge in [0.25, 0.3) is 0 Å². The molecule has 0 bridgehead atoms. The first-order valence-electron chi connectivity index (χ1n) is 7.95. The molecule has 3 heteroatoms. The van der Waals surface area contributed by atoms with E-state index in [1.54, 1.807) is 0 Å². The Kier molecular flexibility index (Phi) is 2.91. The predicted molar refractivity (Wildman–Crippen MR) is 103 cm³/mol. The predicted octanol–water partition coefficient (Wildman–Crippen LogP) is 5.97. The molecule has 2 aromatic heterocycles. The largest absolute Gasteiger partial charge is 0.233 e. The van der Waals surface area contributed by atoms with Gasteiger partial charge in [-0.2, -0.15) is 0 Å². The molecule has 2 heterocycles. The molecule has 114 valence electrons. The van der Waals surface area contributed by atoms with Crippen molar-refractivity contribution in [1.82, 2.24) is 9.97 Å². The van der Waals surface area contributed by atoms with Crippen molar-refractivity contribution in [2.45, 2.75) is 6.92 Å². The van der Waals surface area contributed by atoms with E-state index in [1.165, 1.54) is 20.2 Å². The lowest BCUT2D eigenvalue weighted by Gasteiger charge is -2.09. The standard InChI is InChI=1S/C21H14N2S/c1-13-22-16-11-12-18-19(15-9-5-6-10-17(15)24-18)20(16)21(23-13)14-7-3-2-4-8-14/h2-12H,1H3. The van der Waals surface area contributed by atoms with Gasteiger partial charge in [-0.25, -0.2) is 9.97 Å². The summed E-state index contributed by atoms with van der Waals surface area (Å²) in [6.07, 6.45) is 0. The molecule has 0 aliphatic carbocycles. The van der Waals surface area contributed by atoms with Crippen LogP contribution in [0.4, 0.5) is 0 Å². The van der Waals surface area contributed by atoms with Gasteiger partial charge in [0.15, 0.2) is 0 Å². The van der Waals surface area contributed by atoms with Crippen LogP contribution >= 0.6 is 11.3 Å². The summed E-state index contributed by atoms with van der Waals surface area (Å²) in [5, 5.41) is 3.71. The summed E-state index contributed by atoms with van der Waals surface area (Å²) >= 11 is 1.83. The summed E-state index contributed by atoms with van der Waals surface area (Å²) in [6, 6.07) is 23.3. The van der Waals surface area contributed by atoms with Gasteiger partial charge in [0.05, 0.1) is 11.2 Å². The first kappa shape index (κ1) is 13.6. The normalized spacial score (nSPS) is 11.5. The Hall–Kier alpha value is -2.78. The zero-order valence-electron chi connectivity index (χ0n) is 13.2. The lowest BCUT2D eigenvalue weighted by Crippen LogP contribution is -1.94. The van der Waals surface area contributed by atoms with Crippen molar-refractivity contribution in [2.75, 3.05) is 0 Å². The van der Waals surface area contributed by atoms with Crippen LogP contribution in [-0.4, -0.2) is 9.97 Å². The van der Waals surface area contributed by atoms with Crippen LogP contribution in [-0.2, 0) is 0 Å². The molecule has 3 aromatic carbocycles. The van der Waals surface area contributed by atoms with Crippen molar-refractivity contribution in [2.24, 2.45) is 0 Å². The Balaban J connectivity index is 2.05. The quantitative estimate of drug-likeness (QED) is 0.379. The maximum Gasteiger partial charge on any atom is 0.126 e. The van der Waals surface area contributed by atoms with Crippen LogP contribution in [0.1, 0.15) is 5.82 Å². The maximum absolute atomic E-state index is 4.80. The molecule has 0 N–H and O–H groups in total. The van der Waals surface area contributed by atoms with Crippen molar-refractivity contribution in [3.05, 3.63) is 72.6 Å². The zero-order chi connectivity index (χ0) is 16.1. The molecular formula is C21H14N2S. The van der Waals surface area contributed by atoms with Crippen LogP contribution in [0.25, 0.3) is 42.3 Å². The Morgan fingerprint density at radius 2 is 1.50 bits per heavy atom. The number of rotatable bonds is 1. The first-order chi connectivity index (χ1) is 11.8. The molecule has 0 fully saturated rings. The summed E-state index contributed by atoms with van der Waals surface area (Å²) in [7, 11) is 0. The molecule has 24 heavy (non-hydrogen) atoms. The van der Waals surface area contributed by atoms with Crippen LogP contribution in [0, 0.1) is 6.92 Å². The molecule has 0 radical (unpaired) electrons. The minimum Gasteiger partial charge on any atom is -0.233 e. The molecule has 0 aliphatic rings. The van der Waals surface area contributed by atoms with Gasteiger partial charge < -0.3 is 0 Å². The number of nitrogens with zero attached hydrogens (tertiary/aromatic N) is 2. The summed E-state index contributed by atoms with van der Waals surface area (Å²) in [6.45, 7) is 1.96. The van der Waals surface area contributed by atoms with Gasteiger partial charge in [-0.3, -0.25) is 0 Å². The fourth-order valence-corrected chi connectivity index (χ4v) is 4.47. The van der Waals surface area contributed by atoms with E-state index in [0.29, 0.717) is 0 Å². The van der Waals surface area contributed by atoms with Gasteiger partial charge in [0.2, 0.25) is 0 Å². The van der Waals surface area contributed by atoms with Crippen LogP contribution in [0.5, 0.6) is 0 Å². The summed E-state index contributed by atoms with van der Waals surface area (Å²) in [4.78, 5) is 9.49. The molecule has 5 aromatic rings. The van der Waals surface area contributed by atoms with E-state index in [0.717, 1.165) is 28.0 Å². The van der Waals surface area contributed by atoms with Gasteiger partial charge in [0.1, 0.15) is 5.82 Å². The summed E-state index contributed by atoms with van der Waals surface area (Å²) < 4.78 is 2.59. The van der Waals surface area contributed by atoms with Gasteiger partial charge in [-0.15, -0.1) is 11.3 Å².